The van der Waals surface area contributed by atoms with Gasteiger partial charge < -0.3 is 30.1 Å². The van der Waals surface area contributed by atoms with E-state index in [0.29, 0.717) is 46.6 Å². The fraction of sp³-hybridized carbons (Fsp3) is 0.387. The summed E-state index contributed by atoms with van der Waals surface area (Å²) in [6.45, 7) is 5.92. The molecule has 0 aliphatic heterocycles. The molecule has 2 aromatic carbocycles. The lowest BCUT2D eigenvalue weighted by Gasteiger charge is -2.23. The van der Waals surface area contributed by atoms with Gasteiger partial charge in [0.15, 0.2) is 0 Å². The molecule has 0 radical (unpaired) electrons. The van der Waals surface area contributed by atoms with E-state index in [1.807, 2.05) is 44.2 Å². The van der Waals surface area contributed by atoms with Crippen LogP contribution in [0, 0.1) is 12.8 Å². The molecule has 0 spiro atoms. The molecular formula is C31H36Cl2N6O5. The molecule has 4 rings (SSSR count). The van der Waals surface area contributed by atoms with Crippen molar-refractivity contribution in [3.63, 3.8) is 0 Å². The van der Waals surface area contributed by atoms with Gasteiger partial charge in [-0.05, 0) is 42.0 Å². The van der Waals surface area contributed by atoms with Crippen molar-refractivity contribution in [3.05, 3.63) is 81.1 Å². The van der Waals surface area contributed by atoms with Gasteiger partial charge in [-0.1, -0.05) is 73.8 Å². The summed E-state index contributed by atoms with van der Waals surface area (Å²) in [7, 11) is 0. The predicted octanol–water partition coefficient (Wildman–Crippen LogP) is 5.76. The fourth-order valence-corrected chi connectivity index (χ4v) is 5.26. The number of rotatable bonds is 14. The Morgan fingerprint density at radius 1 is 1.07 bits per heavy atom. The van der Waals surface area contributed by atoms with Crippen LogP contribution < -0.4 is 16.0 Å². The molecule has 234 valence electrons. The van der Waals surface area contributed by atoms with Gasteiger partial charge in [0.2, 0.25) is 23.6 Å². The van der Waals surface area contributed by atoms with E-state index in [9.17, 15) is 14.4 Å². The summed E-state index contributed by atoms with van der Waals surface area (Å²) in [4.78, 5) is 41.8. The van der Waals surface area contributed by atoms with Crippen molar-refractivity contribution in [3.8, 4) is 0 Å². The summed E-state index contributed by atoms with van der Waals surface area (Å²) in [5.74, 6) is 0.112. The van der Waals surface area contributed by atoms with Crippen molar-refractivity contribution in [2.24, 2.45) is 5.92 Å². The minimum absolute atomic E-state index is 0.0936. The lowest BCUT2D eigenvalue weighted by atomic mass is 9.98. The van der Waals surface area contributed by atoms with E-state index in [-0.39, 0.29) is 43.8 Å². The first kappa shape index (κ1) is 32.8. The van der Waals surface area contributed by atoms with Gasteiger partial charge in [-0.25, -0.2) is 4.79 Å². The van der Waals surface area contributed by atoms with Crippen LogP contribution in [0.3, 0.4) is 0 Å². The molecule has 2 aromatic heterocycles. The lowest BCUT2D eigenvalue weighted by Crippen LogP contribution is -2.50. The Labute approximate surface area is 265 Å². The van der Waals surface area contributed by atoms with Crippen LogP contribution in [0.15, 0.2) is 46.9 Å². The highest BCUT2D eigenvalue weighted by atomic mass is 35.5. The number of ether oxygens (including phenoxy) is 1. The van der Waals surface area contributed by atoms with Crippen molar-refractivity contribution in [1.82, 2.24) is 31.1 Å². The van der Waals surface area contributed by atoms with Gasteiger partial charge in [0.25, 0.3) is 0 Å². The maximum Gasteiger partial charge on any atom is 0.408 e. The monoisotopic (exact) mass is 642 g/mol. The predicted molar refractivity (Wildman–Crippen MR) is 167 cm³/mol. The van der Waals surface area contributed by atoms with Gasteiger partial charge in [0.05, 0.1) is 17.1 Å². The maximum absolute atomic E-state index is 13.4. The number of alkyl carbamates (subject to hydrolysis) is 1. The molecule has 0 saturated heterocycles. The summed E-state index contributed by atoms with van der Waals surface area (Å²) >= 11 is 12.8. The minimum atomic E-state index is -0.810. The third-order valence-electron chi connectivity index (χ3n) is 7.28. The molecule has 13 heteroatoms. The molecule has 11 nitrogen and oxygen atoms in total. The molecule has 44 heavy (non-hydrogen) atoms. The van der Waals surface area contributed by atoms with Crippen LogP contribution in [0.5, 0.6) is 0 Å². The van der Waals surface area contributed by atoms with Crippen molar-refractivity contribution in [2.45, 2.75) is 72.2 Å². The molecule has 3 amide bonds. The fourth-order valence-electron chi connectivity index (χ4n) is 4.72. The smallest absolute Gasteiger partial charge is 0.408 e. The van der Waals surface area contributed by atoms with Gasteiger partial charge in [-0.15, -0.1) is 10.2 Å². The van der Waals surface area contributed by atoms with Crippen molar-refractivity contribution >= 4 is 52.0 Å². The zero-order valence-electron chi connectivity index (χ0n) is 24.8. The normalized spacial score (nSPS) is 12.5. The third kappa shape index (κ3) is 8.96. The van der Waals surface area contributed by atoms with Crippen LogP contribution in [0.1, 0.15) is 61.7 Å². The van der Waals surface area contributed by atoms with Crippen LogP contribution >= 0.6 is 23.2 Å². The lowest BCUT2D eigenvalue weighted by molar-refractivity contribution is -0.124. The number of H-pyrrole nitrogens is 1. The number of carbonyl (C=O) groups is 3. The maximum atomic E-state index is 13.4. The number of halogens is 2. The van der Waals surface area contributed by atoms with Crippen molar-refractivity contribution < 1.29 is 23.5 Å². The van der Waals surface area contributed by atoms with Gasteiger partial charge in [-0.3, -0.25) is 9.59 Å². The molecule has 1 unspecified atom stereocenters. The molecule has 0 bridgehead atoms. The van der Waals surface area contributed by atoms with Gasteiger partial charge >= 0.3 is 6.09 Å². The highest BCUT2D eigenvalue weighted by Gasteiger charge is 2.27. The number of hydrogen-bond donors (Lipinski definition) is 4. The van der Waals surface area contributed by atoms with Crippen LogP contribution in [-0.4, -0.2) is 39.1 Å². The van der Waals surface area contributed by atoms with Gasteiger partial charge in [0, 0.05) is 36.0 Å². The van der Waals surface area contributed by atoms with E-state index in [4.69, 9.17) is 32.4 Å². The molecule has 4 aromatic rings. The molecule has 0 aliphatic carbocycles. The summed E-state index contributed by atoms with van der Waals surface area (Å²) in [6, 6.07) is 11.9. The number of benzene rings is 2. The van der Waals surface area contributed by atoms with Crippen LogP contribution in [0.4, 0.5) is 4.79 Å². The Morgan fingerprint density at radius 2 is 1.84 bits per heavy atom. The Morgan fingerprint density at radius 3 is 2.55 bits per heavy atom. The largest absolute Gasteiger partial charge is 0.445 e. The topological polar surface area (TPSA) is 151 Å². The Kier molecular flexibility index (Phi) is 11.6. The highest BCUT2D eigenvalue weighted by molar-refractivity contribution is 6.38. The number of amides is 3. The van der Waals surface area contributed by atoms with Crippen LogP contribution in [0.25, 0.3) is 10.9 Å². The van der Waals surface area contributed by atoms with Gasteiger partial charge in [-0.2, -0.15) is 0 Å². The quantitative estimate of drug-likeness (QED) is 0.136. The Bertz CT molecular complexity index is 1590. The first-order valence-electron chi connectivity index (χ1n) is 14.4. The number of nitrogens with zero attached hydrogens (tertiary/aromatic N) is 2. The molecule has 0 saturated carbocycles. The number of nitrogens with one attached hydrogen (secondary N) is 4. The molecule has 0 aliphatic rings. The van der Waals surface area contributed by atoms with Gasteiger partial charge in [0.1, 0.15) is 12.6 Å². The third-order valence-corrected chi connectivity index (χ3v) is 7.79. The van der Waals surface area contributed by atoms with E-state index in [2.05, 4.69) is 31.1 Å². The summed E-state index contributed by atoms with van der Waals surface area (Å²) in [5.41, 5.74) is 3.15. The second-order valence-electron chi connectivity index (χ2n) is 10.5. The number of carbonyl (C=O) groups excluding carboxylic acids is 3. The number of hydrogen-bond acceptors (Lipinski definition) is 7. The number of aromatic amines is 1. The molecular weight excluding hydrogens is 607 g/mol. The zero-order chi connectivity index (χ0) is 31.6. The first-order chi connectivity index (χ1) is 21.1. The first-order valence-corrected chi connectivity index (χ1v) is 15.2. The van der Waals surface area contributed by atoms with Crippen LogP contribution in [-0.2, 0) is 40.4 Å². The average molecular weight is 644 g/mol. The molecule has 0 fully saturated rings. The number of fused-ring (bicyclic) bond motifs is 1. The molecule has 2 heterocycles. The zero-order valence-corrected chi connectivity index (χ0v) is 26.3. The van der Waals surface area contributed by atoms with Crippen molar-refractivity contribution in [1.29, 1.82) is 0 Å². The summed E-state index contributed by atoms with van der Waals surface area (Å²) in [6.07, 6.45) is 1.29. The molecule has 4 N–H and O–H groups in total. The average Bonchev–Trinajstić information content (AvgIpc) is 3.59. The van der Waals surface area contributed by atoms with E-state index < -0.39 is 12.1 Å². The van der Waals surface area contributed by atoms with E-state index in [1.54, 1.807) is 19.1 Å². The minimum Gasteiger partial charge on any atom is -0.445 e. The van der Waals surface area contributed by atoms with Crippen LogP contribution in [0.2, 0.25) is 10.0 Å². The summed E-state index contributed by atoms with van der Waals surface area (Å²) in [5, 5.41) is 17.8. The number of aromatic nitrogens is 3. The highest BCUT2D eigenvalue weighted by Crippen LogP contribution is 2.32. The Balaban J connectivity index is 1.41. The van der Waals surface area contributed by atoms with E-state index >= 15 is 0 Å². The Hall–Kier alpha value is -4.09. The van der Waals surface area contributed by atoms with E-state index in [1.165, 1.54) is 0 Å². The van der Waals surface area contributed by atoms with E-state index in [0.717, 1.165) is 22.2 Å². The second-order valence-corrected chi connectivity index (χ2v) is 11.4. The number of aryl methyl sites for hydroxylation is 2. The second kappa shape index (κ2) is 15.6. The summed E-state index contributed by atoms with van der Waals surface area (Å²) < 4.78 is 10.6. The standard InChI is InChI=1S/C31H36Cl2N6O5/c1-4-18(2)28(37-31(42)43-17-20-9-6-5-7-10-20)30(41)35-15-23-22-13-21(32)14-24(33)29(22)36-25(23)11-8-12-26(40)34-16-27-39-38-19(3)44-27/h5-7,9-10,13-14,18,28,36H,4,8,11-12,15-17H2,1-3H3,(H,34,40)(H,35,41)(H,37,42)/t18?,28-/m0/s1. The molecule has 2 atom stereocenters. The van der Waals surface area contributed by atoms with Crippen molar-refractivity contribution in [2.75, 3.05) is 0 Å². The SMILES string of the molecule is CCC(C)[C@H](NC(=O)OCc1ccccc1)C(=O)NCc1c(CCCC(=O)NCc2nnc(C)o2)[nH]c2c(Cl)cc(Cl)cc12.